The zero-order chi connectivity index (χ0) is 18.7. The highest BCUT2D eigenvalue weighted by atomic mass is 32.1. The second-order valence-electron chi connectivity index (χ2n) is 6.58. The van der Waals surface area contributed by atoms with E-state index in [1.165, 1.54) is 4.88 Å². The summed E-state index contributed by atoms with van der Waals surface area (Å²) in [6.07, 6.45) is 2.21. The van der Waals surface area contributed by atoms with Crippen LogP contribution in [0.1, 0.15) is 35.3 Å². The molecule has 2 aromatic rings. The molecular formula is C19H24N4O2S. The van der Waals surface area contributed by atoms with E-state index in [2.05, 4.69) is 29.5 Å². The third-order valence-corrected chi connectivity index (χ3v) is 5.72. The number of rotatable bonds is 5. The molecule has 1 aliphatic rings. The molecule has 1 saturated heterocycles. The van der Waals surface area contributed by atoms with Gasteiger partial charge in [-0.15, -0.1) is 11.3 Å². The van der Waals surface area contributed by atoms with Crippen molar-refractivity contribution in [2.24, 2.45) is 0 Å². The number of anilines is 2. The molecule has 0 bridgehead atoms. The van der Waals surface area contributed by atoms with Gasteiger partial charge >= 0.3 is 6.03 Å². The molecule has 7 heteroatoms. The molecule has 1 fully saturated rings. The number of hydrogen-bond acceptors (Lipinski definition) is 4. The maximum atomic E-state index is 12.0. The van der Waals surface area contributed by atoms with Gasteiger partial charge in [-0.3, -0.25) is 4.79 Å². The minimum absolute atomic E-state index is 0.156. The number of amides is 3. The van der Waals surface area contributed by atoms with Crippen molar-refractivity contribution < 1.29 is 9.59 Å². The molecule has 1 unspecified atom stereocenters. The predicted molar refractivity (Wildman–Crippen MR) is 105 cm³/mol. The van der Waals surface area contributed by atoms with Crippen molar-refractivity contribution >= 4 is 34.6 Å². The molecular weight excluding hydrogens is 348 g/mol. The first-order valence-corrected chi connectivity index (χ1v) is 9.65. The Morgan fingerprint density at radius 3 is 2.62 bits per heavy atom. The molecule has 3 rings (SSSR count). The second-order valence-corrected chi connectivity index (χ2v) is 7.87. The Labute approximate surface area is 157 Å². The smallest absolute Gasteiger partial charge is 0.319 e. The Hall–Kier alpha value is -2.41. The molecule has 1 atom stereocenters. The van der Waals surface area contributed by atoms with Gasteiger partial charge in [0.2, 0.25) is 5.91 Å². The number of nitrogens with one attached hydrogen (secondary N) is 2. The number of aromatic nitrogens is 1. The largest absolute Gasteiger partial charge is 0.337 e. The van der Waals surface area contributed by atoms with Gasteiger partial charge in [-0.05, 0) is 51.5 Å². The van der Waals surface area contributed by atoms with Gasteiger partial charge in [-0.25, -0.2) is 9.78 Å². The summed E-state index contributed by atoms with van der Waals surface area (Å²) in [6.45, 7) is 6.64. The monoisotopic (exact) mass is 372 g/mol. The fraction of sp³-hybridized carbons (Fsp3) is 0.421. The molecule has 0 aliphatic carbocycles. The molecule has 138 valence electrons. The summed E-state index contributed by atoms with van der Waals surface area (Å²) >= 11 is 1.67. The Morgan fingerprint density at radius 1 is 1.31 bits per heavy atom. The lowest BCUT2D eigenvalue weighted by molar-refractivity contribution is -0.117. The van der Waals surface area contributed by atoms with Crippen molar-refractivity contribution in [2.45, 2.75) is 46.1 Å². The number of thiazole rings is 1. The van der Waals surface area contributed by atoms with Crippen LogP contribution in [0.2, 0.25) is 0 Å². The topological polar surface area (TPSA) is 74.3 Å². The van der Waals surface area contributed by atoms with E-state index in [1.807, 2.05) is 36.1 Å². The highest BCUT2D eigenvalue weighted by Crippen LogP contribution is 2.27. The summed E-state index contributed by atoms with van der Waals surface area (Å²) in [5.41, 5.74) is 2.63. The molecule has 2 N–H and O–H groups in total. The molecule has 3 amide bonds. The van der Waals surface area contributed by atoms with E-state index < -0.39 is 0 Å². The Balaban J connectivity index is 1.49. The summed E-state index contributed by atoms with van der Waals surface area (Å²) in [4.78, 5) is 31.5. The standard InChI is InChI=1S/C19H24N4O2S/c1-12-4-9-18(24)23(12)16-7-5-15(6-8-16)22-19(25)20-11-10-17-21-13(2)14(3)26-17/h5-8,12H,4,9-11H2,1-3H3,(H2,20,22,25). The van der Waals surface area contributed by atoms with Crippen LogP contribution in [0.4, 0.5) is 16.2 Å². The van der Waals surface area contributed by atoms with Gasteiger partial charge in [0.15, 0.2) is 0 Å². The zero-order valence-corrected chi connectivity index (χ0v) is 16.2. The molecule has 1 aromatic heterocycles. The van der Waals surface area contributed by atoms with Crippen LogP contribution in [0.25, 0.3) is 0 Å². The molecule has 0 saturated carbocycles. The van der Waals surface area contributed by atoms with Crippen molar-refractivity contribution in [1.82, 2.24) is 10.3 Å². The summed E-state index contributed by atoms with van der Waals surface area (Å²) < 4.78 is 0. The summed E-state index contributed by atoms with van der Waals surface area (Å²) in [6, 6.07) is 7.37. The van der Waals surface area contributed by atoms with Crippen LogP contribution >= 0.6 is 11.3 Å². The van der Waals surface area contributed by atoms with E-state index in [-0.39, 0.29) is 18.0 Å². The lowest BCUT2D eigenvalue weighted by Crippen LogP contribution is -2.31. The van der Waals surface area contributed by atoms with Gasteiger partial charge in [0.25, 0.3) is 0 Å². The minimum atomic E-state index is -0.242. The van der Waals surface area contributed by atoms with Gasteiger partial charge in [0.05, 0.1) is 10.7 Å². The van der Waals surface area contributed by atoms with Crippen LogP contribution in [0, 0.1) is 13.8 Å². The molecule has 26 heavy (non-hydrogen) atoms. The van der Waals surface area contributed by atoms with E-state index in [9.17, 15) is 9.59 Å². The highest BCUT2D eigenvalue weighted by Gasteiger charge is 2.28. The zero-order valence-electron chi connectivity index (χ0n) is 15.3. The fourth-order valence-corrected chi connectivity index (χ4v) is 3.97. The first-order chi connectivity index (χ1) is 12.4. The highest BCUT2D eigenvalue weighted by molar-refractivity contribution is 7.11. The van der Waals surface area contributed by atoms with Crippen LogP contribution in [-0.4, -0.2) is 29.5 Å². The molecule has 2 heterocycles. The van der Waals surface area contributed by atoms with E-state index in [0.29, 0.717) is 18.7 Å². The average molecular weight is 372 g/mol. The summed E-state index contributed by atoms with van der Waals surface area (Å²) in [7, 11) is 0. The van der Waals surface area contributed by atoms with E-state index >= 15 is 0 Å². The summed E-state index contributed by atoms with van der Waals surface area (Å²) in [5, 5.41) is 6.69. The normalized spacial score (nSPS) is 16.8. The van der Waals surface area contributed by atoms with Crippen molar-refractivity contribution in [1.29, 1.82) is 0 Å². The second kappa shape index (κ2) is 7.86. The number of hydrogen-bond donors (Lipinski definition) is 2. The fourth-order valence-electron chi connectivity index (χ4n) is 3.04. The number of carbonyl (C=O) groups excluding carboxylic acids is 2. The van der Waals surface area contributed by atoms with Gasteiger partial charge in [-0.2, -0.15) is 0 Å². The maximum Gasteiger partial charge on any atom is 0.319 e. The van der Waals surface area contributed by atoms with E-state index in [0.717, 1.165) is 29.2 Å². The third-order valence-electron chi connectivity index (χ3n) is 4.59. The number of benzene rings is 1. The lowest BCUT2D eigenvalue weighted by Gasteiger charge is -2.22. The number of urea groups is 1. The predicted octanol–water partition coefficient (Wildman–Crippen LogP) is 3.64. The Bertz CT molecular complexity index is 781. The number of nitrogens with zero attached hydrogens (tertiary/aromatic N) is 2. The third kappa shape index (κ3) is 4.22. The van der Waals surface area contributed by atoms with Crippen LogP contribution in [0.3, 0.4) is 0 Å². The molecule has 0 spiro atoms. The summed E-state index contributed by atoms with van der Waals surface area (Å²) in [5.74, 6) is 0.156. The van der Waals surface area contributed by atoms with Crippen molar-refractivity contribution in [3.05, 3.63) is 39.8 Å². The van der Waals surface area contributed by atoms with Crippen molar-refractivity contribution in [3.8, 4) is 0 Å². The first kappa shape index (κ1) is 18.4. The van der Waals surface area contributed by atoms with E-state index in [1.54, 1.807) is 11.3 Å². The minimum Gasteiger partial charge on any atom is -0.337 e. The van der Waals surface area contributed by atoms with Crippen molar-refractivity contribution in [2.75, 3.05) is 16.8 Å². The van der Waals surface area contributed by atoms with Crippen LogP contribution in [-0.2, 0) is 11.2 Å². The molecule has 1 aliphatic heterocycles. The quantitative estimate of drug-likeness (QED) is 0.841. The maximum absolute atomic E-state index is 12.0. The average Bonchev–Trinajstić information content (AvgIpc) is 3.10. The van der Waals surface area contributed by atoms with Gasteiger partial charge in [0.1, 0.15) is 0 Å². The first-order valence-electron chi connectivity index (χ1n) is 8.84. The molecule has 6 nitrogen and oxygen atoms in total. The number of carbonyl (C=O) groups is 2. The number of aryl methyl sites for hydroxylation is 2. The van der Waals surface area contributed by atoms with Crippen LogP contribution < -0.4 is 15.5 Å². The van der Waals surface area contributed by atoms with Crippen LogP contribution in [0.5, 0.6) is 0 Å². The SMILES string of the molecule is Cc1nc(CCNC(=O)Nc2ccc(N3C(=O)CCC3C)cc2)sc1C. The Morgan fingerprint density at radius 2 is 2.04 bits per heavy atom. The van der Waals surface area contributed by atoms with Gasteiger partial charge in [-0.1, -0.05) is 0 Å². The van der Waals surface area contributed by atoms with E-state index in [4.69, 9.17) is 0 Å². The van der Waals surface area contributed by atoms with Crippen molar-refractivity contribution in [3.63, 3.8) is 0 Å². The van der Waals surface area contributed by atoms with Gasteiger partial charge < -0.3 is 15.5 Å². The van der Waals surface area contributed by atoms with Gasteiger partial charge in [0, 0.05) is 41.7 Å². The lowest BCUT2D eigenvalue weighted by atomic mass is 10.2. The molecule has 0 radical (unpaired) electrons. The Kier molecular flexibility index (Phi) is 5.56. The molecule has 1 aromatic carbocycles. The van der Waals surface area contributed by atoms with Crippen LogP contribution in [0.15, 0.2) is 24.3 Å².